The summed E-state index contributed by atoms with van der Waals surface area (Å²) in [5.41, 5.74) is 0.630. The van der Waals surface area contributed by atoms with E-state index in [4.69, 9.17) is 4.74 Å². The number of ether oxygens (including phenoxy) is 1. The van der Waals surface area contributed by atoms with Gasteiger partial charge in [-0.3, -0.25) is 14.4 Å². The smallest absolute Gasteiger partial charge is 0.244 e. The van der Waals surface area contributed by atoms with E-state index in [-0.39, 0.29) is 46.4 Å². The van der Waals surface area contributed by atoms with E-state index in [9.17, 15) is 19.5 Å². The van der Waals surface area contributed by atoms with Gasteiger partial charge in [0.1, 0.15) is 11.8 Å². The number of carbonyl (C=O) groups excluding carboxylic acids is 3. The molecule has 8 nitrogen and oxygen atoms in total. The summed E-state index contributed by atoms with van der Waals surface area (Å²) in [6.45, 7) is 10.1. The van der Waals surface area contributed by atoms with Crippen LogP contribution >= 0.6 is 27.7 Å². The lowest BCUT2D eigenvalue weighted by atomic mass is 9.70. The molecule has 3 unspecified atom stereocenters. The van der Waals surface area contributed by atoms with E-state index in [0.717, 1.165) is 5.75 Å². The SMILES string of the molecule is CCOc1ccc(NC(=O)[C@H]2[C@@H]3SC4(CC3Br)C(C(=O)NC(C)C)N([C@@H](CO)CC(C)C)C(=O)[C@H]24)cc1. The minimum atomic E-state index is -0.748. The number of halogens is 1. The number of nitrogens with zero attached hydrogens (tertiary/aromatic N) is 1. The van der Waals surface area contributed by atoms with Crippen LogP contribution in [0.5, 0.6) is 5.75 Å². The molecule has 3 amide bonds. The molecule has 3 N–H and O–H groups in total. The second-order valence-electron chi connectivity index (χ2n) is 11.0. The van der Waals surface area contributed by atoms with Crippen LogP contribution in [0.25, 0.3) is 0 Å². The van der Waals surface area contributed by atoms with Gasteiger partial charge in [0.2, 0.25) is 17.7 Å². The minimum Gasteiger partial charge on any atom is -0.494 e. The van der Waals surface area contributed by atoms with Crippen LogP contribution in [0, 0.1) is 17.8 Å². The fourth-order valence-corrected chi connectivity index (χ4v) is 9.87. The van der Waals surface area contributed by atoms with Gasteiger partial charge in [0.05, 0.1) is 35.8 Å². The Morgan fingerprint density at radius 2 is 1.89 bits per heavy atom. The van der Waals surface area contributed by atoms with E-state index < -0.39 is 28.7 Å². The highest BCUT2D eigenvalue weighted by Crippen LogP contribution is 2.68. The number of hydrogen-bond donors (Lipinski definition) is 3. The van der Waals surface area contributed by atoms with Crippen LogP contribution in [0.4, 0.5) is 5.69 Å². The van der Waals surface area contributed by atoms with Crippen molar-refractivity contribution < 1.29 is 24.2 Å². The van der Waals surface area contributed by atoms with E-state index in [0.29, 0.717) is 25.1 Å². The molecule has 0 saturated carbocycles. The van der Waals surface area contributed by atoms with Gasteiger partial charge in [0.15, 0.2) is 0 Å². The number of thioether (sulfide) groups is 1. The average Bonchev–Trinajstić information content (AvgIpc) is 3.41. The van der Waals surface area contributed by atoms with Crippen LogP contribution in [-0.4, -0.2) is 73.9 Å². The highest BCUT2D eigenvalue weighted by atomic mass is 79.9. The highest BCUT2D eigenvalue weighted by molar-refractivity contribution is 9.09. The summed E-state index contributed by atoms with van der Waals surface area (Å²) < 4.78 is 4.76. The Hall–Kier alpha value is -1.78. The molecule has 204 valence electrons. The first-order valence-electron chi connectivity index (χ1n) is 13.1. The lowest BCUT2D eigenvalue weighted by molar-refractivity contribution is -0.142. The fraction of sp³-hybridized carbons (Fsp3) is 0.667. The quantitative estimate of drug-likeness (QED) is 0.358. The molecule has 10 heteroatoms. The van der Waals surface area contributed by atoms with Crippen LogP contribution in [0.1, 0.15) is 47.5 Å². The molecular formula is C27H38BrN3O5S. The van der Waals surface area contributed by atoms with Crippen LogP contribution in [-0.2, 0) is 14.4 Å². The van der Waals surface area contributed by atoms with Crippen molar-refractivity contribution >= 4 is 51.1 Å². The number of alkyl halides is 1. The summed E-state index contributed by atoms with van der Waals surface area (Å²) in [6.07, 6.45) is 1.18. The van der Waals surface area contributed by atoms with Crippen LogP contribution < -0.4 is 15.4 Å². The van der Waals surface area contributed by atoms with Crippen molar-refractivity contribution in [3.8, 4) is 5.75 Å². The molecule has 0 aliphatic carbocycles. The Balaban J connectivity index is 1.69. The van der Waals surface area contributed by atoms with E-state index in [1.807, 2.05) is 34.6 Å². The fourth-order valence-electron chi connectivity index (χ4n) is 6.27. The molecule has 1 spiro atoms. The number of rotatable bonds is 10. The largest absolute Gasteiger partial charge is 0.494 e. The first-order chi connectivity index (χ1) is 17.5. The third-order valence-corrected chi connectivity index (χ3v) is 10.7. The number of likely N-dealkylation sites (tertiary alicyclic amines) is 1. The Morgan fingerprint density at radius 3 is 2.46 bits per heavy atom. The molecule has 7 atom stereocenters. The van der Waals surface area contributed by atoms with Gasteiger partial charge >= 0.3 is 0 Å². The predicted octanol–water partition coefficient (Wildman–Crippen LogP) is 3.42. The van der Waals surface area contributed by atoms with Crippen molar-refractivity contribution in [2.24, 2.45) is 17.8 Å². The molecule has 4 rings (SSSR count). The summed E-state index contributed by atoms with van der Waals surface area (Å²) in [7, 11) is 0. The highest BCUT2D eigenvalue weighted by Gasteiger charge is 2.76. The zero-order valence-corrected chi connectivity index (χ0v) is 24.5. The summed E-state index contributed by atoms with van der Waals surface area (Å²) in [4.78, 5) is 43.2. The molecule has 3 fully saturated rings. The zero-order valence-electron chi connectivity index (χ0n) is 22.1. The second-order valence-corrected chi connectivity index (χ2v) is 13.7. The van der Waals surface area contributed by atoms with Gasteiger partial charge in [-0.1, -0.05) is 29.8 Å². The summed E-state index contributed by atoms with van der Waals surface area (Å²) >= 11 is 5.38. The zero-order chi connectivity index (χ0) is 27.1. The van der Waals surface area contributed by atoms with E-state index in [1.54, 1.807) is 40.9 Å². The first kappa shape index (κ1) is 28.2. The normalized spacial score (nSPS) is 31.1. The summed E-state index contributed by atoms with van der Waals surface area (Å²) in [6, 6.07) is 5.85. The van der Waals surface area contributed by atoms with E-state index in [1.165, 1.54) is 0 Å². The van der Waals surface area contributed by atoms with Crippen LogP contribution in [0.3, 0.4) is 0 Å². The topological polar surface area (TPSA) is 108 Å². The van der Waals surface area contributed by atoms with Gasteiger partial charge in [0, 0.05) is 21.8 Å². The lowest BCUT2D eigenvalue weighted by Crippen LogP contribution is -2.58. The Bertz CT molecular complexity index is 1020. The van der Waals surface area contributed by atoms with Gasteiger partial charge in [-0.25, -0.2) is 0 Å². The molecule has 3 aliphatic heterocycles. The molecular weight excluding hydrogens is 558 g/mol. The molecule has 0 aromatic heterocycles. The Morgan fingerprint density at radius 1 is 1.22 bits per heavy atom. The second kappa shape index (κ2) is 11.1. The van der Waals surface area contributed by atoms with Gasteiger partial charge in [0.25, 0.3) is 0 Å². The van der Waals surface area contributed by atoms with Crippen molar-refractivity contribution in [3.05, 3.63) is 24.3 Å². The molecule has 0 radical (unpaired) electrons. The Kier molecular flexibility index (Phi) is 8.50. The molecule has 37 heavy (non-hydrogen) atoms. The minimum absolute atomic E-state index is 0.00962. The number of aliphatic hydroxyl groups is 1. The number of anilines is 1. The van der Waals surface area contributed by atoms with Gasteiger partial charge < -0.3 is 25.4 Å². The third kappa shape index (κ3) is 5.13. The molecule has 3 saturated heterocycles. The van der Waals surface area contributed by atoms with Crippen molar-refractivity contribution in [2.45, 2.75) is 80.4 Å². The average molecular weight is 597 g/mol. The number of carbonyl (C=O) groups is 3. The molecule has 2 bridgehead atoms. The van der Waals surface area contributed by atoms with Crippen molar-refractivity contribution in [2.75, 3.05) is 18.5 Å². The molecule has 3 aliphatic rings. The van der Waals surface area contributed by atoms with Crippen molar-refractivity contribution in [1.29, 1.82) is 0 Å². The standard InChI is InChI=1S/C27H38BrN3O5S/c1-6-36-18-9-7-16(8-10-18)30-24(33)20-21-26(35)31(17(13-32)11-14(2)3)23(25(34)29-15(4)5)27(21)12-19(28)22(20)37-27/h7-10,14-15,17,19-23,32H,6,11-13H2,1-5H3,(H,29,34)(H,30,33)/t17-,19?,20-,21+,22-,23?,27?/m1/s1. The molecule has 3 heterocycles. The van der Waals surface area contributed by atoms with Gasteiger partial charge in [-0.2, -0.15) is 0 Å². The maximum atomic E-state index is 14.2. The van der Waals surface area contributed by atoms with Crippen molar-refractivity contribution in [3.63, 3.8) is 0 Å². The number of fused-ring (bicyclic) bond motifs is 1. The Labute approximate surface area is 231 Å². The number of benzene rings is 1. The maximum Gasteiger partial charge on any atom is 0.244 e. The summed E-state index contributed by atoms with van der Waals surface area (Å²) in [5.74, 6) is -0.929. The van der Waals surface area contributed by atoms with Crippen molar-refractivity contribution in [1.82, 2.24) is 10.2 Å². The molecule has 1 aromatic rings. The number of hydrogen-bond acceptors (Lipinski definition) is 6. The van der Waals surface area contributed by atoms with E-state index >= 15 is 0 Å². The van der Waals surface area contributed by atoms with Gasteiger partial charge in [-0.05, 0) is 63.8 Å². The van der Waals surface area contributed by atoms with Crippen LogP contribution in [0.2, 0.25) is 0 Å². The first-order valence-corrected chi connectivity index (χ1v) is 14.9. The molecule has 1 aromatic carbocycles. The van der Waals surface area contributed by atoms with Crippen LogP contribution in [0.15, 0.2) is 24.3 Å². The maximum absolute atomic E-state index is 14.2. The van der Waals surface area contributed by atoms with E-state index in [2.05, 4.69) is 26.6 Å². The lowest BCUT2D eigenvalue weighted by Gasteiger charge is -2.38. The van der Waals surface area contributed by atoms with Gasteiger partial charge in [-0.15, -0.1) is 11.8 Å². The monoisotopic (exact) mass is 595 g/mol. The number of aliphatic hydroxyl groups excluding tert-OH is 1. The third-order valence-electron chi connectivity index (χ3n) is 7.49. The number of nitrogens with one attached hydrogen (secondary N) is 2. The predicted molar refractivity (Wildman–Crippen MR) is 149 cm³/mol. The summed E-state index contributed by atoms with van der Waals surface area (Å²) in [5, 5.41) is 16.2. The number of amides is 3.